The monoisotopic (exact) mass is 631 g/mol. The Hall–Kier alpha value is -3.68. The summed E-state index contributed by atoms with van der Waals surface area (Å²) in [5.74, 6) is -0.210. The number of rotatable bonds is 24. The van der Waals surface area contributed by atoms with E-state index in [0.717, 1.165) is 0 Å². The van der Waals surface area contributed by atoms with Crippen LogP contribution in [0.5, 0.6) is 5.75 Å². The second kappa shape index (κ2) is 17.9. The van der Waals surface area contributed by atoms with E-state index in [-0.39, 0.29) is 30.0 Å². The van der Waals surface area contributed by atoms with Crippen molar-refractivity contribution in [3.63, 3.8) is 0 Å². The van der Waals surface area contributed by atoms with E-state index in [1.54, 1.807) is 42.5 Å². The third-order valence-corrected chi connectivity index (χ3v) is 8.77. The van der Waals surface area contributed by atoms with Crippen LogP contribution in [0.2, 0.25) is 0 Å². The molecule has 1 rings (SSSR count). The number of nitrogens with one attached hydrogen (secondary N) is 3. The minimum atomic E-state index is -1.41. The van der Waals surface area contributed by atoms with Gasteiger partial charge in [-0.15, -0.1) is 59.2 Å². The third kappa shape index (κ3) is 7.16. The molecule has 0 radical (unpaired) electrons. The molecule has 1 aromatic carbocycles. The summed E-state index contributed by atoms with van der Waals surface area (Å²) in [6, 6.07) is -1.57. The molecule has 252 valence electrons. The molecule has 6 unspecified atom stereocenters. The van der Waals surface area contributed by atoms with Crippen LogP contribution in [0, 0.1) is 0 Å². The summed E-state index contributed by atoms with van der Waals surface area (Å²) in [5, 5.41) is 22.8. The van der Waals surface area contributed by atoms with Gasteiger partial charge in [0.2, 0.25) is 0 Å². The van der Waals surface area contributed by atoms with E-state index in [2.05, 4.69) is 75.2 Å². The van der Waals surface area contributed by atoms with Crippen molar-refractivity contribution in [3.8, 4) is 5.75 Å². The van der Waals surface area contributed by atoms with Gasteiger partial charge >= 0.3 is 0 Å². The van der Waals surface area contributed by atoms with Gasteiger partial charge in [0.1, 0.15) is 5.75 Å². The Bertz CT molecular complexity index is 1160. The smallest absolute Gasteiger partial charge is 0.126 e. The Kier molecular flexibility index (Phi) is 15.7. The predicted octanol–water partition coefficient (Wildman–Crippen LogP) is 1.38. The molecule has 0 amide bonds. The lowest BCUT2D eigenvalue weighted by Crippen LogP contribution is -2.67. The van der Waals surface area contributed by atoms with E-state index in [0.29, 0.717) is 12.1 Å². The van der Waals surface area contributed by atoms with Crippen LogP contribution in [0.25, 0.3) is 0 Å². The summed E-state index contributed by atoms with van der Waals surface area (Å²) >= 11 is 0. The van der Waals surface area contributed by atoms with Crippen LogP contribution in [0.4, 0.5) is 0 Å². The van der Waals surface area contributed by atoms with Gasteiger partial charge in [-0.25, -0.2) is 0 Å². The summed E-state index contributed by atoms with van der Waals surface area (Å²) in [7, 11) is 0. The van der Waals surface area contributed by atoms with Crippen molar-refractivity contribution in [3.05, 3.63) is 143 Å². The normalized spacial score (nSPS) is 19.2. The zero-order valence-corrected chi connectivity index (χ0v) is 27.2. The molecule has 0 fully saturated rings. The van der Waals surface area contributed by atoms with Crippen LogP contribution < -0.4 is 50.4 Å². The number of phenolic OH excluding ortho intramolecular Hbond substituents is 1. The summed E-state index contributed by atoms with van der Waals surface area (Å²) < 4.78 is 0. The average molecular weight is 632 g/mol. The van der Waals surface area contributed by atoms with Crippen molar-refractivity contribution in [2.24, 2.45) is 34.4 Å². The molecule has 0 saturated heterocycles. The number of hydrogen-bond donors (Lipinski definition) is 10. The van der Waals surface area contributed by atoms with Gasteiger partial charge in [-0.1, -0.05) is 54.7 Å². The van der Waals surface area contributed by atoms with E-state index in [1.165, 1.54) is 24.3 Å². The minimum Gasteiger partial charge on any atom is -0.507 e. The molecular weight excluding hydrogens is 574 g/mol. The van der Waals surface area contributed by atoms with Gasteiger partial charge in [0.05, 0.1) is 16.6 Å². The molecule has 0 bridgehead atoms. The minimum absolute atomic E-state index is 0.210. The Morgan fingerprint density at radius 2 is 0.739 bits per heavy atom. The number of hydrogen-bond acceptors (Lipinski definition) is 10. The number of aromatic hydroxyl groups is 1. The molecule has 0 saturated carbocycles. The summed E-state index contributed by atoms with van der Waals surface area (Å²) in [6.45, 7) is 36.2. The molecule has 0 heterocycles. The topological polar surface area (TPSA) is 212 Å². The first-order chi connectivity index (χ1) is 21.8. The fraction of sp³-hybridized carbons (Fsp3) is 0.333. The fourth-order valence-electron chi connectivity index (χ4n) is 6.11. The zero-order valence-electron chi connectivity index (χ0n) is 27.2. The van der Waals surface area contributed by atoms with Gasteiger partial charge in [-0.3, -0.25) is 0 Å². The van der Waals surface area contributed by atoms with Crippen molar-refractivity contribution in [1.82, 2.24) is 16.0 Å². The quantitative estimate of drug-likeness (QED) is 0.0740. The molecule has 16 N–H and O–H groups in total. The van der Waals surface area contributed by atoms with E-state index in [1.807, 2.05) is 0 Å². The Morgan fingerprint density at radius 3 is 0.978 bits per heavy atom. The van der Waals surface area contributed by atoms with E-state index >= 15 is 0 Å². The van der Waals surface area contributed by atoms with E-state index in [4.69, 9.17) is 34.4 Å². The van der Waals surface area contributed by atoms with Crippen LogP contribution in [-0.2, 0) is 16.6 Å². The SMILES string of the molecule is C=CCNC(c1cc(C(NCC=C)(C(N)C=C)C(N)C=C)c(O)c(C(NCC=C)(C(N)C=C)C(N)C=C)c1)(C(N)C=C)C(N)C=C. The number of nitrogens with two attached hydrogens (primary N) is 6. The van der Waals surface area contributed by atoms with Crippen LogP contribution in [0.1, 0.15) is 16.7 Å². The van der Waals surface area contributed by atoms with E-state index in [9.17, 15) is 5.11 Å². The van der Waals surface area contributed by atoms with Crippen LogP contribution in [0.15, 0.2) is 126 Å². The number of phenols is 1. The second-order valence-electron chi connectivity index (χ2n) is 11.1. The van der Waals surface area contributed by atoms with Gasteiger partial charge in [0.15, 0.2) is 0 Å². The molecule has 0 spiro atoms. The molecule has 0 aliphatic rings. The molecule has 46 heavy (non-hydrogen) atoms. The Labute approximate surface area is 276 Å². The molecule has 10 nitrogen and oxygen atoms in total. The lowest BCUT2D eigenvalue weighted by molar-refractivity contribution is 0.246. The number of benzene rings is 1. The first kappa shape index (κ1) is 40.3. The van der Waals surface area contributed by atoms with Gasteiger partial charge in [-0.2, -0.15) is 0 Å². The first-order valence-corrected chi connectivity index (χ1v) is 15.1. The highest BCUT2D eigenvalue weighted by molar-refractivity contribution is 5.57. The van der Waals surface area contributed by atoms with Crippen molar-refractivity contribution in [2.45, 2.75) is 52.9 Å². The van der Waals surface area contributed by atoms with Crippen LogP contribution in [0.3, 0.4) is 0 Å². The molecule has 1 aromatic rings. The summed E-state index contributed by atoms with van der Waals surface area (Å²) in [4.78, 5) is 0. The summed E-state index contributed by atoms with van der Waals surface area (Å²) in [5.41, 5.74) is 37.9. The highest BCUT2D eigenvalue weighted by Crippen LogP contribution is 2.46. The van der Waals surface area contributed by atoms with Gasteiger partial charge < -0.3 is 55.5 Å². The van der Waals surface area contributed by atoms with Crippen LogP contribution in [-0.4, -0.2) is 61.0 Å². The maximum atomic E-state index is 12.6. The fourth-order valence-corrected chi connectivity index (χ4v) is 6.11. The molecule has 0 aliphatic carbocycles. The molecule has 10 heteroatoms. The lowest BCUT2D eigenvalue weighted by atomic mass is 9.67. The van der Waals surface area contributed by atoms with Gasteiger partial charge in [-0.05, 0) is 17.7 Å². The van der Waals surface area contributed by atoms with Crippen molar-refractivity contribution < 1.29 is 5.11 Å². The Balaban J connectivity index is 4.95. The van der Waals surface area contributed by atoms with Crippen molar-refractivity contribution >= 4 is 0 Å². The first-order valence-electron chi connectivity index (χ1n) is 15.1. The largest absolute Gasteiger partial charge is 0.507 e. The average Bonchev–Trinajstić information content (AvgIpc) is 3.08. The maximum Gasteiger partial charge on any atom is 0.126 e. The standard InChI is InChI=1S/C36H57N9O/c1-10-19-43-34(27(37)13-4,28(38)14-5)24-22-25(35(29(39)15-6,30(40)16-7)44-20-11-2)33(46)26(23-24)36(31(41)17-8,32(42)18-9)45-21-12-3/h10-18,22-23,27-32,43-46H,1-9,19-21,37-42H2. The highest BCUT2D eigenvalue weighted by Gasteiger charge is 2.51. The molecule has 0 aromatic heterocycles. The van der Waals surface area contributed by atoms with Gasteiger partial charge in [0, 0.05) is 67.0 Å². The lowest BCUT2D eigenvalue weighted by Gasteiger charge is -2.49. The summed E-state index contributed by atoms with van der Waals surface area (Å²) in [6.07, 6.45) is 14.3. The second-order valence-corrected chi connectivity index (χ2v) is 11.1. The van der Waals surface area contributed by atoms with E-state index < -0.39 is 52.9 Å². The van der Waals surface area contributed by atoms with Crippen LogP contribution >= 0.6 is 0 Å². The van der Waals surface area contributed by atoms with Crippen molar-refractivity contribution in [1.29, 1.82) is 0 Å². The predicted molar refractivity (Wildman–Crippen MR) is 197 cm³/mol. The van der Waals surface area contributed by atoms with Crippen molar-refractivity contribution in [2.75, 3.05) is 19.6 Å². The van der Waals surface area contributed by atoms with Gasteiger partial charge in [0.25, 0.3) is 0 Å². The molecule has 6 atom stereocenters. The zero-order chi connectivity index (χ0) is 35.3. The third-order valence-electron chi connectivity index (χ3n) is 8.77. The molecule has 0 aliphatic heterocycles. The molecular formula is C36H57N9O. The Morgan fingerprint density at radius 1 is 0.500 bits per heavy atom. The maximum absolute atomic E-state index is 12.6. The highest BCUT2D eigenvalue weighted by atomic mass is 16.3.